The van der Waals surface area contributed by atoms with Crippen molar-refractivity contribution in [3.05, 3.63) is 12.7 Å². The number of aromatic nitrogens is 4. The highest BCUT2D eigenvalue weighted by Crippen LogP contribution is 2.51. The van der Waals surface area contributed by atoms with Crippen molar-refractivity contribution in [1.82, 2.24) is 19.5 Å². The number of fused-ring (bicyclic) bond motifs is 2. The Bertz CT molecular complexity index is 845. The van der Waals surface area contributed by atoms with Crippen LogP contribution in [0.4, 0.5) is 5.82 Å². The minimum Gasteiger partial charge on any atom is -0.756 e. The van der Waals surface area contributed by atoms with Crippen LogP contribution in [0.3, 0.4) is 0 Å². The van der Waals surface area contributed by atoms with Crippen molar-refractivity contribution in [3.8, 4) is 0 Å². The van der Waals surface area contributed by atoms with Crippen molar-refractivity contribution in [2.45, 2.75) is 24.0 Å². The monoisotopic (exact) mass is 358 g/mol. The Kier molecular flexibility index (Phi) is 3.41. The van der Waals surface area contributed by atoms with Crippen LogP contribution in [0.1, 0.15) is 0 Å². The smallest absolute Gasteiger partial charge is 0.268 e. The number of anilines is 1. The van der Waals surface area contributed by atoms with Crippen molar-refractivity contribution < 1.29 is 33.5 Å². The summed E-state index contributed by atoms with van der Waals surface area (Å²) in [6, 6.07) is 0. The number of nitrogens with two attached hydrogens (primary N) is 1. The zero-order valence-corrected chi connectivity index (χ0v) is 12.9. The van der Waals surface area contributed by atoms with Crippen molar-refractivity contribution in [2.24, 2.45) is 0 Å². The van der Waals surface area contributed by atoms with E-state index < -0.39 is 38.5 Å². The van der Waals surface area contributed by atoms with Gasteiger partial charge in [0.05, 0.1) is 19.5 Å². The number of ether oxygens (including phenoxy) is 1. The van der Waals surface area contributed by atoms with Gasteiger partial charge >= 0.3 is 0 Å². The summed E-state index contributed by atoms with van der Waals surface area (Å²) in [5.74, 6) is 0.111. The number of phosphoric acid groups is 1. The van der Waals surface area contributed by atoms with Crippen LogP contribution in [-0.4, -0.2) is 61.3 Å². The third-order valence-electron chi connectivity index (χ3n) is 4.14. The summed E-state index contributed by atoms with van der Waals surface area (Å²) in [5.41, 5.74) is 4.43. The normalized spacial score (nSPS) is 39.2. The van der Waals surface area contributed by atoms with Gasteiger partial charge < -0.3 is 34.6 Å². The molecule has 0 saturated carbocycles. The number of nitrogen functional groups attached to an aromatic ring is 1. The van der Waals surface area contributed by atoms with Gasteiger partial charge in [0.25, 0.3) is 7.82 Å². The molecule has 0 spiro atoms. The number of rotatable bonds is 2. The molecule has 2 aliphatic heterocycles. The Morgan fingerprint density at radius 1 is 1.50 bits per heavy atom. The predicted molar refractivity (Wildman–Crippen MR) is 74.1 cm³/mol. The number of phosphoric ester groups is 1. The molecule has 24 heavy (non-hydrogen) atoms. The van der Waals surface area contributed by atoms with Gasteiger partial charge in [-0.2, -0.15) is 0 Å². The first-order valence-corrected chi connectivity index (χ1v) is 8.39. The molecule has 0 amide bonds. The fraction of sp³-hybridized carbons (Fsp3) is 0.545. The maximum atomic E-state index is 11.5. The van der Waals surface area contributed by atoms with Crippen molar-refractivity contribution >= 4 is 24.8 Å². The zero-order valence-electron chi connectivity index (χ0n) is 12.1. The Hall–Kier alpha value is -1.66. The summed E-state index contributed by atoms with van der Waals surface area (Å²) in [6.07, 6.45) is -1.19. The van der Waals surface area contributed by atoms with Gasteiger partial charge in [-0.05, 0) is 0 Å². The average molecular weight is 358 g/mol. The van der Waals surface area contributed by atoms with E-state index in [0.29, 0.717) is 0 Å². The molecule has 2 aromatic heterocycles. The number of hydrogen-bond donors (Lipinski definition) is 3. The molecule has 12 nitrogen and oxygen atoms in total. The number of aliphatic hydroxyl groups excluding tert-OH is 2. The van der Waals surface area contributed by atoms with E-state index in [-0.39, 0.29) is 23.6 Å². The molecule has 1 unspecified atom stereocenters. The van der Waals surface area contributed by atoms with E-state index in [9.17, 15) is 19.7 Å². The van der Waals surface area contributed by atoms with Crippen LogP contribution in [-0.2, 0) is 24.1 Å². The SMILES string of the molecule is Nc1ncnc2c1ncn2[C@]1(CO)O[C@@H]2COP(=O)([O-])O[C@H]2[C@H]1O. The maximum absolute atomic E-state index is 11.5. The van der Waals surface area contributed by atoms with Crippen LogP contribution in [0.15, 0.2) is 12.7 Å². The summed E-state index contributed by atoms with van der Waals surface area (Å²) in [5, 5.41) is 20.5. The molecule has 13 heteroatoms. The minimum atomic E-state index is -4.54. The summed E-state index contributed by atoms with van der Waals surface area (Å²) in [4.78, 5) is 23.4. The molecule has 2 saturated heterocycles. The largest absolute Gasteiger partial charge is 0.756 e. The van der Waals surface area contributed by atoms with Gasteiger partial charge in [0.15, 0.2) is 17.2 Å². The van der Waals surface area contributed by atoms with Crippen LogP contribution in [0.2, 0.25) is 0 Å². The summed E-state index contributed by atoms with van der Waals surface area (Å²) in [6.45, 7) is -1.03. The lowest BCUT2D eigenvalue weighted by Gasteiger charge is -2.35. The summed E-state index contributed by atoms with van der Waals surface area (Å²) < 4.78 is 27.9. The predicted octanol–water partition coefficient (Wildman–Crippen LogP) is -2.30. The Labute approximate surface area is 134 Å². The molecule has 4 heterocycles. The molecule has 0 bridgehead atoms. The first-order valence-electron chi connectivity index (χ1n) is 6.93. The van der Waals surface area contributed by atoms with E-state index in [1.807, 2.05) is 0 Å². The highest BCUT2D eigenvalue weighted by molar-refractivity contribution is 7.45. The van der Waals surface area contributed by atoms with Gasteiger partial charge in [-0.15, -0.1) is 0 Å². The molecule has 0 radical (unpaired) electrons. The number of aliphatic hydroxyl groups is 2. The van der Waals surface area contributed by atoms with E-state index in [4.69, 9.17) is 15.0 Å². The molecule has 4 rings (SSSR count). The molecule has 0 aliphatic carbocycles. The van der Waals surface area contributed by atoms with Gasteiger partial charge in [0, 0.05) is 0 Å². The Morgan fingerprint density at radius 2 is 2.29 bits per heavy atom. The van der Waals surface area contributed by atoms with Crippen LogP contribution >= 0.6 is 7.82 Å². The highest BCUT2D eigenvalue weighted by atomic mass is 31.2. The third-order valence-corrected chi connectivity index (χ3v) is 5.11. The molecule has 5 atom stereocenters. The molecular weight excluding hydrogens is 345 g/mol. The molecular formula is C11H13N5O7P-. The summed E-state index contributed by atoms with van der Waals surface area (Å²) >= 11 is 0. The van der Waals surface area contributed by atoms with Crippen molar-refractivity contribution in [2.75, 3.05) is 18.9 Å². The second-order valence-corrected chi connectivity index (χ2v) is 6.83. The number of imidazole rings is 1. The van der Waals surface area contributed by atoms with Crippen LogP contribution < -0.4 is 10.6 Å². The quantitative estimate of drug-likeness (QED) is 0.491. The first kappa shape index (κ1) is 15.8. The first-order chi connectivity index (χ1) is 11.4. The lowest BCUT2D eigenvalue weighted by Crippen LogP contribution is -2.49. The standard InChI is InChI=1S/C11H14N5O7P/c12-9-6-10(14-3-13-9)16(4-15-6)11(2-17)8(18)7-5(22-11)1-21-24(19,20)23-7/h3-5,7-8,17-18H,1-2H2,(H,19,20)(H2,12,13,14)/p-1/t5-,7-,8-,11-/m1/s1. The molecule has 130 valence electrons. The van der Waals surface area contributed by atoms with Gasteiger partial charge in [0.1, 0.15) is 30.2 Å². The van der Waals surface area contributed by atoms with Crippen LogP contribution in [0, 0.1) is 0 Å². The van der Waals surface area contributed by atoms with Gasteiger partial charge in [-0.25, -0.2) is 15.0 Å². The van der Waals surface area contributed by atoms with E-state index >= 15 is 0 Å². The average Bonchev–Trinajstić information content (AvgIpc) is 3.09. The molecule has 0 aromatic carbocycles. The topological polar surface area (TPSA) is 178 Å². The Morgan fingerprint density at radius 3 is 3.04 bits per heavy atom. The molecule has 2 aromatic rings. The zero-order chi connectivity index (χ0) is 17.1. The fourth-order valence-corrected chi connectivity index (χ4v) is 3.93. The van der Waals surface area contributed by atoms with E-state index in [1.54, 1.807) is 0 Å². The summed E-state index contributed by atoms with van der Waals surface area (Å²) in [7, 11) is -4.54. The molecule has 2 fully saturated rings. The minimum absolute atomic E-state index is 0.111. The van der Waals surface area contributed by atoms with Gasteiger partial charge in [0.2, 0.25) is 0 Å². The van der Waals surface area contributed by atoms with E-state index in [2.05, 4.69) is 19.5 Å². The van der Waals surface area contributed by atoms with E-state index in [0.717, 1.165) is 0 Å². The number of nitrogens with zero attached hydrogens (tertiary/aromatic N) is 4. The fourth-order valence-electron chi connectivity index (χ4n) is 2.99. The van der Waals surface area contributed by atoms with Crippen molar-refractivity contribution in [3.63, 3.8) is 0 Å². The molecule has 4 N–H and O–H groups in total. The second kappa shape index (κ2) is 5.17. The van der Waals surface area contributed by atoms with Gasteiger partial charge in [-0.1, -0.05) is 0 Å². The highest BCUT2D eigenvalue weighted by Gasteiger charge is 2.59. The molecule has 2 aliphatic rings. The maximum Gasteiger partial charge on any atom is 0.268 e. The Balaban J connectivity index is 1.82. The van der Waals surface area contributed by atoms with Crippen molar-refractivity contribution in [1.29, 1.82) is 0 Å². The van der Waals surface area contributed by atoms with E-state index in [1.165, 1.54) is 17.2 Å². The van der Waals surface area contributed by atoms with Crippen LogP contribution in [0.5, 0.6) is 0 Å². The van der Waals surface area contributed by atoms with Crippen LogP contribution in [0.25, 0.3) is 11.2 Å². The second-order valence-electron chi connectivity index (χ2n) is 5.46. The third kappa shape index (κ3) is 2.09. The lowest BCUT2D eigenvalue weighted by atomic mass is 10.0. The lowest BCUT2D eigenvalue weighted by molar-refractivity contribution is -0.246. The van der Waals surface area contributed by atoms with Gasteiger partial charge in [-0.3, -0.25) is 9.13 Å². The number of hydrogen-bond acceptors (Lipinski definition) is 11.